The van der Waals surface area contributed by atoms with E-state index in [0.29, 0.717) is 25.1 Å². The Kier molecular flexibility index (Phi) is 3.28. The number of nitrogens with zero attached hydrogens (tertiary/aromatic N) is 1. The van der Waals surface area contributed by atoms with Crippen LogP contribution in [0.4, 0.5) is 0 Å². The van der Waals surface area contributed by atoms with E-state index in [-0.39, 0.29) is 17.8 Å². The van der Waals surface area contributed by atoms with Gasteiger partial charge in [0.2, 0.25) is 5.91 Å². The second-order valence-corrected chi connectivity index (χ2v) is 3.72. The van der Waals surface area contributed by atoms with Gasteiger partial charge in [0.25, 0.3) is 0 Å². The topological polar surface area (TPSA) is 46.6 Å². The molecule has 0 saturated carbocycles. The summed E-state index contributed by atoms with van der Waals surface area (Å²) in [5, 5.41) is 0. The normalized spacial score (nSPS) is 21.1. The minimum atomic E-state index is -0.382. The molecule has 1 fully saturated rings. The predicted molar refractivity (Wildman–Crippen MR) is 51.5 cm³/mol. The Bertz CT molecular complexity index is 273. The molecule has 0 aromatic heterocycles. The van der Waals surface area contributed by atoms with Gasteiger partial charge in [-0.2, -0.15) is 0 Å². The van der Waals surface area contributed by atoms with Crippen molar-refractivity contribution < 1.29 is 14.3 Å². The molecular formula is C10H15NO3. The summed E-state index contributed by atoms with van der Waals surface area (Å²) in [6.45, 7) is 6.06. The van der Waals surface area contributed by atoms with Gasteiger partial charge in [-0.1, -0.05) is 6.58 Å². The number of ether oxygens (including phenoxy) is 1. The Hall–Kier alpha value is -1.32. The van der Waals surface area contributed by atoms with Crippen molar-refractivity contribution in [3.05, 3.63) is 12.2 Å². The molecule has 14 heavy (non-hydrogen) atoms. The number of carbonyl (C=O) groups is 2. The maximum atomic E-state index is 11.1. The van der Waals surface area contributed by atoms with Crippen molar-refractivity contribution in [3.63, 3.8) is 0 Å². The van der Waals surface area contributed by atoms with E-state index in [1.807, 2.05) is 0 Å². The first-order valence-corrected chi connectivity index (χ1v) is 4.57. The average molecular weight is 197 g/mol. The van der Waals surface area contributed by atoms with Gasteiger partial charge < -0.3 is 9.64 Å². The summed E-state index contributed by atoms with van der Waals surface area (Å²) >= 11 is 0. The highest BCUT2D eigenvalue weighted by Crippen LogP contribution is 2.16. The molecule has 1 unspecified atom stereocenters. The Morgan fingerprint density at radius 1 is 1.71 bits per heavy atom. The lowest BCUT2D eigenvalue weighted by Crippen LogP contribution is -2.20. The molecule has 1 heterocycles. The molecule has 4 heteroatoms. The molecule has 0 aromatic rings. The monoisotopic (exact) mass is 197 g/mol. The van der Waals surface area contributed by atoms with Gasteiger partial charge in [0, 0.05) is 31.5 Å². The lowest BCUT2D eigenvalue weighted by Gasteiger charge is -2.10. The molecule has 1 saturated heterocycles. The summed E-state index contributed by atoms with van der Waals surface area (Å²) in [6.07, 6.45) is 0.472. The Morgan fingerprint density at radius 2 is 2.36 bits per heavy atom. The quantitative estimate of drug-likeness (QED) is 0.491. The zero-order valence-corrected chi connectivity index (χ0v) is 8.58. The minimum Gasteiger partial charge on any atom is -0.462 e. The second-order valence-electron chi connectivity index (χ2n) is 3.72. The number of esters is 1. The molecule has 0 radical (unpaired) electrons. The smallest absolute Gasteiger partial charge is 0.333 e. The largest absolute Gasteiger partial charge is 0.462 e. The number of amides is 1. The average Bonchev–Trinajstić information content (AvgIpc) is 2.42. The van der Waals surface area contributed by atoms with Crippen LogP contribution in [0.25, 0.3) is 0 Å². The van der Waals surface area contributed by atoms with Crippen LogP contribution >= 0.6 is 0 Å². The van der Waals surface area contributed by atoms with Crippen molar-refractivity contribution in [2.75, 3.05) is 20.2 Å². The molecule has 0 aliphatic carbocycles. The zero-order valence-electron chi connectivity index (χ0n) is 8.58. The zero-order chi connectivity index (χ0) is 10.7. The highest BCUT2D eigenvalue weighted by Gasteiger charge is 2.27. The van der Waals surface area contributed by atoms with Gasteiger partial charge in [0.15, 0.2) is 0 Å². The predicted octanol–water partition coefficient (Wildman–Crippen LogP) is 0.584. The van der Waals surface area contributed by atoms with Gasteiger partial charge >= 0.3 is 5.97 Å². The molecule has 0 bridgehead atoms. The van der Waals surface area contributed by atoms with Crippen LogP contribution in [0.15, 0.2) is 12.2 Å². The number of hydrogen-bond acceptors (Lipinski definition) is 3. The molecule has 1 atom stereocenters. The van der Waals surface area contributed by atoms with E-state index in [2.05, 4.69) is 6.58 Å². The fraction of sp³-hybridized carbons (Fsp3) is 0.600. The number of carbonyl (C=O) groups excluding carboxylic acids is 2. The third-order valence-corrected chi connectivity index (χ3v) is 2.22. The lowest BCUT2D eigenvalue weighted by atomic mass is 10.1. The Labute approximate surface area is 83.5 Å². The summed E-state index contributed by atoms with van der Waals surface area (Å²) in [7, 11) is 1.75. The van der Waals surface area contributed by atoms with Crippen LogP contribution in [0.2, 0.25) is 0 Å². The Balaban J connectivity index is 2.30. The molecule has 0 aromatic carbocycles. The summed E-state index contributed by atoms with van der Waals surface area (Å²) in [4.78, 5) is 23.8. The van der Waals surface area contributed by atoms with Gasteiger partial charge in [-0.05, 0) is 6.92 Å². The summed E-state index contributed by atoms with van der Waals surface area (Å²) < 4.78 is 4.97. The number of rotatable bonds is 3. The molecule has 78 valence electrons. The van der Waals surface area contributed by atoms with Crippen molar-refractivity contribution >= 4 is 11.9 Å². The van der Waals surface area contributed by atoms with Gasteiger partial charge in [0.05, 0.1) is 6.61 Å². The van der Waals surface area contributed by atoms with Gasteiger partial charge in [0.1, 0.15) is 0 Å². The molecule has 1 amide bonds. The van der Waals surface area contributed by atoms with Crippen LogP contribution in [0.3, 0.4) is 0 Å². The van der Waals surface area contributed by atoms with Gasteiger partial charge in [-0.3, -0.25) is 4.79 Å². The first-order chi connectivity index (χ1) is 6.50. The van der Waals surface area contributed by atoms with Crippen LogP contribution in [-0.4, -0.2) is 37.0 Å². The van der Waals surface area contributed by atoms with Crippen molar-refractivity contribution in [3.8, 4) is 0 Å². The molecular weight excluding hydrogens is 182 g/mol. The molecule has 0 N–H and O–H groups in total. The molecule has 4 nitrogen and oxygen atoms in total. The van der Waals surface area contributed by atoms with Crippen molar-refractivity contribution in [1.29, 1.82) is 0 Å². The summed E-state index contributed by atoms with van der Waals surface area (Å²) in [5.41, 5.74) is 0.391. The van der Waals surface area contributed by atoms with Crippen LogP contribution in [0.5, 0.6) is 0 Å². The Morgan fingerprint density at radius 3 is 2.79 bits per heavy atom. The highest BCUT2D eigenvalue weighted by atomic mass is 16.5. The maximum Gasteiger partial charge on any atom is 0.333 e. The van der Waals surface area contributed by atoms with Crippen molar-refractivity contribution in [1.82, 2.24) is 4.90 Å². The van der Waals surface area contributed by atoms with Crippen molar-refractivity contribution in [2.24, 2.45) is 5.92 Å². The van der Waals surface area contributed by atoms with Crippen LogP contribution in [0.1, 0.15) is 13.3 Å². The number of likely N-dealkylation sites (tertiary alicyclic amines) is 1. The molecule has 1 aliphatic heterocycles. The summed E-state index contributed by atoms with van der Waals surface area (Å²) in [6, 6.07) is 0. The van der Waals surface area contributed by atoms with Gasteiger partial charge in [-0.15, -0.1) is 0 Å². The number of hydrogen-bond donors (Lipinski definition) is 0. The van der Waals surface area contributed by atoms with Crippen LogP contribution < -0.4 is 0 Å². The standard InChI is InChI=1S/C10H15NO3/c1-7(2)10(13)14-6-8-4-9(12)11(3)5-8/h8H,1,4-6H2,2-3H3. The van der Waals surface area contributed by atoms with E-state index in [9.17, 15) is 9.59 Å². The van der Waals surface area contributed by atoms with E-state index in [1.165, 1.54) is 0 Å². The van der Waals surface area contributed by atoms with Gasteiger partial charge in [-0.25, -0.2) is 4.79 Å². The third-order valence-electron chi connectivity index (χ3n) is 2.22. The summed E-state index contributed by atoms with van der Waals surface area (Å²) in [5.74, 6) is -0.135. The SMILES string of the molecule is C=C(C)C(=O)OCC1CC(=O)N(C)C1. The van der Waals surface area contributed by atoms with Crippen LogP contribution in [0, 0.1) is 5.92 Å². The van der Waals surface area contributed by atoms with E-state index in [1.54, 1.807) is 18.9 Å². The minimum absolute atomic E-state index is 0.112. The first kappa shape index (κ1) is 10.8. The lowest BCUT2D eigenvalue weighted by molar-refractivity contribution is -0.140. The highest BCUT2D eigenvalue weighted by molar-refractivity contribution is 5.87. The first-order valence-electron chi connectivity index (χ1n) is 4.57. The van der Waals surface area contributed by atoms with Crippen LogP contribution in [-0.2, 0) is 14.3 Å². The molecule has 1 aliphatic rings. The maximum absolute atomic E-state index is 11.1. The van der Waals surface area contributed by atoms with E-state index in [0.717, 1.165) is 0 Å². The third kappa shape index (κ3) is 2.58. The fourth-order valence-corrected chi connectivity index (χ4v) is 1.38. The second kappa shape index (κ2) is 4.26. The fourth-order valence-electron chi connectivity index (χ4n) is 1.38. The van der Waals surface area contributed by atoms with E-state index >= 15 is 0 Å². The van der Waals surface area contributed by atoms with E-state index < -0.39 is 0 Å². The van der Waals surface area contributed by atoms with E-state index in [4.69, 9.17) is 4.74 Å². The van der Waals surface area contributed by atoms with Crippen molar-refractivity contribution in [2.45, 2.75) is 13.3 Å². The molecule has 0 spiro atoms. The molecule has 1 rings (SSSR count).